The molecular weight excluding hydrogens is 300 g/mol. The Morgan fingerprint density at radius 3 is 2.61 bits per heavy atom. The molecule has 1 aliphatic rings. The molecule has 1 heterocycles. The zero-order valence-electron chi connectivity index (χ0n) is 13.1. The number of hydrogen-bond donors (Lipinski definition) is 2. The van der Waals surface area contributed by atoms with Gasteiger partial charge in [0.05, 0.1) is 24.3 Å². The van der Waals surface area contributed by atoms with Crippen molar-refractivity contribution in [1.29, 1.82) is 0 Å². The molecule has 1 aromatic rings. The monoisotopic (exact) mass is 320 g/mol. The van der Waals surface area contributed by atoms with Crippen LogP contribution in [0, 0.1) is 11.8 Å². The third-order valence-electron chi connectivity index (χ3n) is 3.87. The van der Waals surface area contributed by atoms with Gasteiger partial charge in [-0.3, -0.25) is 4.79 Å². The van der Waals surface area contributed by atoms with Gasteiger partial charge in [-0.1, -0.05) is 19.1 Å². The normalized spacial score (nSPS) is 20.7. The van der Waals surface area contributed by atoms with Crippen LogP contribution in [0.25, 0.3) is 0 Å². The van der Waals surface area contributed by atoms with Crippen molar-refractivity contribution in [2.24, 2.45) is 11.8 Å². The summed E-state index contributed by atoms with van der Waals surface area (Å²) in [7, 11) is 1.27. The first-order valence-electron chi connectivity index (χ1n) is 7.38. The summed E-state index contributed by atoms with van der Waals surface area (Å²) in [6, 6.07) is 6.11. The number of nitrogens with one attached hydrogen (secondary N) is 1. The van der Waals surface area contributed by atoms with Crippen LogP contribution in [0.1, 0.15) is 23.7 Å². The fraction of sp³-hybridized carbons (Fsp3) is 0.438. The molecule has 2 atom stereocenters. The van der Waals surface area contributed by atoms with E-state index in [2.05, 4.69) is 10.1 Å². The molecule has 1 aliphatic heterocycles. The maximum absolute atomic E-state index is 12.4. The summed E-state index contributed by atoms with van der Waals surface area (Å²) in [5.74, 6) is -1.91. The van der Waals surface area contributed by atoms with Crippen LogP contribution in [0.4, 0.5) is 10.5 Å². The van der Waals surface area contributed by atoms with Crippen LogP contribution in [0.3, 0.4) is 0 Å². The second-order valence-electron chi connectivity index (χ2n) is 5.75. The molecule has 7 nitrogen and oxygen atoms in total. The number of rotatable bonds is 3. The Hall–Kier alpha value is -2.57. The molecule has 2 N–H and O–H groups in total. The fourth-order valence-corrected chi connectivity index (χ4v) is 2.77. The van der Waals surface area contributed by atoms with Gasteiger partial charge in [0.2, 0.25) is 0 Å². The minimum Gasteiger partial charge on any atom is -0.481 e. The first-order chi connectivity index (χ1) is 10.9. The van der Waals surface area contributed by atoms with Crippen LogP contribution >= 0.6 is 0 Å². The molecule has 1 saturated heterocycles. The van der Waals surface area contributed by atoms with Crippen LogP contribution < -0.4 is 5.32 Å². The summed E-state index contributed by atoms with van der Waals surface area (Å²) < 4.78 is 4.69. The summed E-state index contributed by atoms with van der Waals surface area (Å²) in [4.78, 5) is 36.8. The molecule has 0 bridgehead atoms. The molecule has 0 saturated carbocycles. The average Bonchev–Trinajstić information content (AvgIpc) is 2.54. The van der Waals surface area contributed by atoms with Gasteiger partial charge in [-0.15, -0.1) is 0 Å². The number of para-hydroxylation sites is 1. The highest BCUT2D eigenvalue weighted by Gasteiger charge is 2.32. The molecule has 0 spiro atoms. The van der Waals surface area contributed by atoms with Crippen molar-refractivity contribution in [2.45, 2.75) is 13.3 Å². The Balaban J connectivity index is 2.13. The van der Waals surface area contributed by atoms with Crippen molar-refractivity contribution >= 4 is 23.7 Å². The number of carbonyl (C=O) groups is 3. The van der Waals surface area contributed by atoms with E-state index in [1.54, 1.807) is 24.3 Å². The van der Waals surface area contributed by atoms with E-state index in [9.17, 15) is 19.5 Å². The largest absolute Gasteiger partial charge is 0.481 e. The molecule has 1 aromatic carbocycles. The third kappa shape index (κ3) is 4.00. The number of anilines is 1. The van der Waals surface area contributed by atoms with Gasteiger partial charge < -0.3 is 20.1 Å². The van der Waals surface area contributed by atoms with E-state index in [1.165, 1.54) is 12.0 Å². The first-order valence-corrected chi connectivity index (χ1v) is 7.38. The van der Waals surface area contributed by atoms with Gasteiger partial charge in [-0.2, -0.15) is 0 Å². The second kappa shape index (κ2) is 7.13. The number of urea groups is 1. The number of carboxylic acid groups (broad SMARTS) is 1. The van der Waals surface area contributed by atoms with Gasteiger partial charge in [0.15, 0.2) is 0 Å². The number of hydrogen-bond acceptors (Lipinski definition) is 4. The molecule has 124 valence electrons. The lowest BCUT2D eigenvalue weighted by molar-refractivity contribution is -0.143. The van der Waals surface area contributed by atoms with E-state index in [-0.39, 0.29) is 18.0 Å². The molecular formula is C16H20N2O5. The number of amides is 2. The van der Waals surface area contributed by atoms with Gasteiger partial charge in [-0.25, -0.2) is 9.59 Å². The standard InChI is InChI=1S/C16H20N2O5/c1-10-7-11(14(19)20)9-18(8-10)16(22)17-13-6-4-3-5-12(13)15(21)23-2/h3-6,10-11H,7-9H2,1-2H3,(H,17,22)(H,19,20). The van der Waals surface area contributed by atoms with Crippen LogP contribution in [0.15, 0.2) is 24.3 Å². The molecule has 7 heteroatoms. The van der Waals surface area contributed by atoms with Crippen LogP contribution in [-0.4, -0.2) is 48.2 Å². The quantitative estimate of drug-likeness (QED) is 0.831. The van der Waals surface area contributed by atoms with Crippen LogP contribution in [0.5, 0.6) is 0 Å². The average molecular weight is 320 g/mol. The first kappa shape index (κ1) is 16.8. The Bertz CT molecular complexity index is 616. The maximum atomic E-state index is 12.4. The lowest BCUT2D eigenvalue weighted by atomic mass is 9.91. The molecule has 0 radical (unpaired) electrons. The Kier molecular flexibility index (Phi) is 5.20. The fourth-order valence-electron chi connectivity index (χ4n) is 2.77. The highest BCUT2D eigenvalue weighted by atomic mass is 16.5. The van der Waals surface area contributed by atoms with Gasteiger partial charge in [0.1, 0.15) is 0 Å². The number of carboxylic acids is 1. The third-order valence-corrected chi connectivity index (χ3v) is 3.87. The number of piperidine rings is 1. The number of esters is 1. The second-order valence-corrected chi connectivity index (χ2v) is 5.75. The number of carbonyl (C=O) groups excluding carboxylic acids is 2. The minimum absolute atomic E-state index is 0.103. The van der Waals surface area contributed by atoms with E-state index < -0.39 is 23.9 Å². The SMILES string of the molecule is COC(=O)c1ccccc1NC(=O)N1CC(C)CC(C(=O)O)C1. The van der Waals surface area contributed by atoms with Gasteiger partial charge in [-0.05, 0) is 24.5 Å². The predicted molar refractivity (Wildman–Crippen MR) is 83.3 cm³/mol. The highest BCUT2D eigenvalue weighted by Crippen LogP contribution is 2.23. The van der Waals surface area contributed by atoms with E-state index in [0.29, 0.717) is 18.7 Å². The summed E-state index contributed by atoms with van der Waals surface area (Å²) in [5, 5.41) is 11.8. The van der Waals surface area contributed by atoms with Crippen molar-refractivity contribution in [3.63, 3.8) is 0 Å². The van der Waals surface area contributed by atoms with Crippen molar-refractivity contribution in [3.05, 3.63) is 29.8 Å². The van der Waals surface area contributed by atoms with Crippen LogP contribution in [0.2, 0.25) is 0 Å². The van der Waals surface area contributed by atoms with Crippen molar-refractivity contribution in [1.82, 2.24) is 4.90 Å². The zero-order valence-corrected chi connectivity index (χ0v) is 13.1. The van der Waals surface area contributed by atoms with E-state index >= 15 is 0 Å². The predicted octanol–water partition coefficient (Wildman–Crippen LogP) is 2.05. The number of likely N-dealkylation sites (tertiary alicyclic amines) is 1. The van der Waals surface area contributed by atoms with Crippen LogP contribution in [-0.2, 0) is 9.53 Å². The van der Waals surface area contributed by atoms with Gasteiger partial charge in [0.25, 0.3) is 0 Å². The maximum Gasteiger partial charge on any atom is 0.339 e. The lowest BCUT2D eigenvalue weighted by Gasteiger charge is -2.34. The summed E-state index contributed by atoms with van der Waals surface area (Å²) in [6.45, 7) is 2.56. The summed E-state index contributed by atoms with van der Waals surface area (Å²) >= 11 is 0. The van der Waals surface area contributed by atoms with Crippen molar-refractivity contribution in [3.8, 4) is 0 Å². The van der Waals surface area contributed by atoms with Crippen molar-refractivity contribution < 1.29 is 24.2 Å². The molecule has 2 unspecified atom stereocenters. The highest BCUT2D eigenvalue weighted by molar-refractivity contribution is 6.00. The van der Waals surface area contributed by atoms with Gasteiger partial charge >= 0.3 is 18.0 Å². The molecule has 23 heavy (non-hydrogen) atoms. The molecule has 0 aromatic heterocycles. The number of aliphatic carboxylic acids is 1. The van der Waals surface area contributed by atoms with E-state index in [1.807, 2.05) is 6.92 Å². The topological polar surface area (TPSA) is 95.9 Å². The Morgan fingerprint density at radius 1 is 1.26 bits per heavy atom. The Morgan fingerprint density at radius 2 is 1.96 bits per heavy atom. The summed E-state index contributed by atoms with van der Waals surface area (Å²) in [6.07, 6.45) is 0.553. The van der Waals surface area contributed by atoms with Gasteiger partial charge in [0, 0.05) is 13.1 Å². The zero-order chi connectivity index (χ0) is 17.0. The van der Waals surface area contributed by atoms with E-state index in [0.717, 1.165) is 0 Å². The minimum atomic E-state index is -0.899. The smallest absolute Gasteiger partial charge is 0.339 e. The molecule has 2 rings (SSSR count). The van der Waals surface area contributed by atoms with Crippen molar-refractivity contribution in [2.75, 3.05) is 25.5 Å². The Labute approximate surface area is 134 Å². The number of ether oxygens (including phenoxy) is 1. The number of methoxy groups -OCH3 is 1. The number of benzene rings is 1. The molecule has 2 amide bonds. The molecule has 0 aliphatic carbocycles. The summed E-state index contributed by atoms with van der Waals surface area (Å²) in [5.41, 5.74) is 0.595. The van der Waals surface area contributed by atoms with E-state index in [4.69, 9.17) is 0 Å². The number of nitrogens with zero attached hydrogens (tertiary/aromatic N) is 1. The molecule has 1 fully saturated rings. The lowest BCUT2D eigenvalue weighted by Crippen LogP contribution is -2.47.